The fourth-order valence-corrected chi connectivity index (χ4v) is 4.73. The number of halogens is 1. The molecule has 5 rings (SSSR count). The molecule has 5 heterocycles. The molecule has 0 aromatic carbocycles. The molecule has 0 spiro atoms. The van der Waals surface area contributed by atoms with E-state index in [0.717, 1.165) is 11.4 Å². The van der Waals surface area contributed by atoms with Gasteiger partial charge >= 0.3 is 0 Å². The van der Waals surface area contributed by atoms with Gasteiger partial charge in [-0.2, -0.15) is 15.5 Å². The number of β-amino-alcohol motifs (C(OH)–C–C–N with tert-alkyl or cyclic N) is 1. The summed E-state index contributed by atoms with van der Waals surface area (Å²) in [6, 6.07) is 4.91. The molecule has 12 heteroatoms. The zero-order valence-corrected chi connectivity index (χ0v) is 19.1. The Labute approximate surface area is 199 Å². The average molecular weight is 480 g/mol. The van der Waals surface area contributed by atoms with Gasteiger partial charge in [-0.05, 0) is 31.9 Å². The summed E-state index contributed by atoms with van der Waals surface area (Å²) < 4.78 is 3.10. The van der Waals surface area contributed by atoms with Crippen molar-refractivity contribution in [3.05, 3.63) is 58.6 Å². The molecule has 1 unspecified atom stereocenters. The predicted octanol–water partition coefficient (Wildman–Crippen LogP) is 1.94. The molecule has 1 aliphatic rings. The number of aliphatic hydroxyl groups excluding tert-OH is 1. The Kier molecular flexibility index (Phi) is 5.57. The van der Waals surface area contributed by atoms with E-state index in [1.807, 2.05) is 4.90 Å². The van der Waals surface area contributed by atoms with Gasteiger partial charge in [0.1, 0.15) is 23.0 Å². The van der Waals surface area contributed by atoms with E-state index in [2.05, 4.69) is 21.3 Å². The number of hydrogen-bond acceptors (Lipinski definition) is 8. The maximum Gasteiger partial charge on any atom is 0.273 e. The molecule has 0 saturated carbocycles. The molecule has 34 heavy (non-hydrogen) atoms. The molecule has 2 atom stereocenters. The Hall–Kier alpha value is -3.72. The second kappa shape index (κ2) is 8.57. The Bertz CT molecular complexity index is 1440. The fraction of sp³-hybridized carbons (Fsp3) is 0.318. The molecule has 1 saturated heterocycles. The first-order valence-electron chi connectivity index (χ1n) is 10.8. The van der Waals surface area contributed by atoms with Crippen LogP contribution in [0.1, 0.15) is 47.3 Å². The van der Waals surface area contributed by atoms with Crippen LogP contribution in [0.15, 0.2) is 36.9 Å². The van der Waals surface area contributed by atoms with Crippen LogP contribution < -0.4 is 10.7 Å². The van der Waals surface area contributed by atoms with Crippen molar-refractivity contribution in [3.63, 3.8) is 0 Å². The van der Waals surface area contributed by atoms with Gasteiger partial charge in [-0.1, -0.05) is 11.6 Å². The number of nitriles is 1. The number of aromatic nitrogens is 5. The number of amides is 1. The second-order valence-electron chi connectivity index (χ2n) is 8.28. The molecular weight excluding hydrogens is 458 g/mol. The van der Waals surface area contributed by atoms with Gasteiger partial charge in [0.15, 0.2) is 5.65 Å². The van der Waals surface area contributed by atoms with Crippen molar-refractivity contribution < 1.29 is 9.90 Å². The Balaban J connectivity index is 1.61. The van der Waals surface area contributed by atoms with Crippen molar-refractivity contribution in [1.82, 2.24) is 29.2 Å². The van der Waals surface area contributed by atoms with Crippen LogP contribution in [0.4, 0.5) is 5.82 Å². The van der Waals surface area contributed by atoms with Gasteiger partial charge in [-0.15, -0.1) is 0 Å². The number of carbonyl (C=O) groups is 1. The highest BCUT2D eigenvalue weighted by Crippen LogP contribution is 2.36. The molecule has 1 amide bonds. The normalized spacial score (nSPS) is 17.1. The van der Waals surface area contributed by atoms with E-state index in [0.29, 0.717) is 52.6 Å². The third-order valence-electron chi connectivity index (χ3n) is 6.16. The number of aliphatic hydroxyl groups is 1. The smallest absolute Gasteiger partial charge is 0.273 e. The summed E-state index contributed by atoms with van der Waals surface area (Å²) >= 11 is 6.59. The van der Waals surface area contributed by atoms with Gasteiger partial charge in [-0.3, -0.25) is 9.80 Å². The average Bonchev–Trinajstić information content (AvgIpc) is 3.47. The largest absolute Gasteiger partial charge is 0.391 e. The lowest BCUT2D eigenvalue weighted by molar-refractivity contribution is 0.0691. The van der Waals surface area contributed by atoms with Crippen LogP contribution in [0.3, 0.4) is 0 Å². The van der Waals surface area contributed by atoms with Gasteiger partial charge in [-0.25, -0.2) is 19.9 Å². The number of anilines is 1. The molecule has 11 nitrogen and oxygen atoms in total. The quantitative estimate of drug-likeness (QED) is 0.257. The summed E-state index contributed by atoms with van der Waals surface area (Å²) in [4.78, 5) is 19.6. The summed E-state index contributed by atoms with van der Waals surface area (Å²) in [5, 5.41) is 29.8. The minimum Gasteiger partial charge on any atom is -0.391 e. The van der Waals surface area contributed by atoms with Crippen molar-refractivity contribution in [2.45, 2.75) is 31.9 Å². The van der Waals surface area contributed by atoms with Crippen LogP contribution in [0.25, 0.3) is 11.2 Å². The van der Waals surface area contributed by atoms with Crippen molar-refractivity contribution in [1.29, 1.82) is 5.26 Å². The highest BCUT2D eigenvalue weighted by atomic mass is 35.5. The van der Waals surface area contributed by atoms with E-state index < -0.39 is 18.1 Å². The number of rotatable bonds is 4. The minimum absolute atomic E-state index is 0.267. The predicted molar refractivity (Wildman–Crippen MR) is 124 cm³/mol. The molecule has 174 valence electrons. The third kappa shape index (κ3) is 3.52. The summed E-state index contributed by atoms with van der Waals surface area (Å²) in [5.74, 6) is 6.53. The van der Waals surface area contributed by atoms with Crippen LogP contribution in [0.5, 0.6) is 0 Å². The maximum atomic E-state index is 13.3. The van der Waals surface area contributed by atoms with Gasteiger partial charge in [0.25, 0.3) is 5.91 Å². The first kappa shape index (κ1) is 22.1. The van der Waals surface area contributed by atoms with Gasteiger partial charge < -0.3 is 10.0 Å². The fourth-order valence-electron chi connectivity index (χ4n) is 4.43. The standard InChI is InChI=1S/C22H22ClN9O2/c1-13(31(25)22(34)17-11-27-30-7-3-5-26-20(17)30)16-8-18(23)19-14(9-24)10-28-32(19)21(16)29-6-2-4-15(33)12-29/h3,5,7-8,10-11,13,15,33H,2,4,6,12,25H2,1H3/t13?,15-/m0/s1. The Morgan fingerprint density at radius 3 is 3.00 bits per heavy atom. The van der Waals surface area contributed by atoms with Crippen LogP contribution in [0.2, 0.25) is 5.02 Å². The van der Waals surface area contributed by atoms with Crippen molar-refractivity contribution in [2.75, 3.05) is 18.0 Å². The minimum atomic E-state index is -0.628. The second-order valence-corrected chi connectivity index (χ2v) is 8.69. The van der Waals surface area contributed by atoms with Crippen molar-refractivity contribution in [2.24, 2.45) is 5.84 Å². The van der Waals surface area contributed by atoms with Crippen LogP contribution in [-0.4, -0.2) is 59.4 Å². The number of hydrazine groups is 1. The monoisotopic (exact) mass is 479 g/mol. The zero-order chi connectivity index (χ0) is 24.0. The summed E-state index contributed by atoms with van der Waals surface area (Å²) in [7, 11) is 0. The number of nitrogens with two attached hydrogens (primary N) is 1. The van der Waals surface area contributed by atoms with Gasteiger partial charge in [0, 0.05) is 31.0 Å². The van der Waals surface area contributed by atoms with Crippen LogP contribution in [0, 0.1) is 11.3 Å². The van der Waals surface area contributed by atoms with E-state index in [9.17, 15) is 15.2 Å². The molecule has 3 N–H and O–H groups in total. The molecule has 4 aromatic heterocycles. The molecular formula is C22H22ClN9O2. The molecule has 0 radical (unpaired) electrons. The van der Waals surface area contributed by atoms with E-state index in [1.54, 1.807) is 36.0 Å². The molecule has 4 aromatic rings. The number of carbonyl (C=O) groups excluding carboxylic acids is 1. The maximum absolute atomic E-state index is 13.3. The van der Waals surface area contributed by atoms with E-state index in [1.165, 1.54) is 16.9 Å². The van der Waals surface area contributed by atoms with Crippen LogP contribution in [-0.2, 0) is 0 Å². The third-order valence-corrected chi connectivity index (χ3v) is 6.45. The van der Waals surface area contributed by atoms with Gasteiger partial charge in [0.2, 0.25) is 0 Å². The Morgan fingerprint density at radius 1 is 1.41 bits per heavy atom. The van der Waals surface area contributed by atoms with E-state index in [4.69, 9.17) is 17.4 Å². The summed E-state index contributed by atoms with van der Waals surface area (Å²) in [6.45, 7) is 2.84. The van der Waals surface area contributed by atoms with Crippen molar-refractivity contribution >= 4 is 34.5 Å². The highest BCUT2D eigenvalue weighted by Gasteiger charge is 2.31. The number of nitrogens with zero attached hydrogens (tertiary/aromatic N) is 8. The van der Waals surface area contributed by atoms with E-state index in [-0.39, 0.29) is 5.56 Å². The van der Waals surface area contributed by atoms with Crippen LogP contribution >= 0.6 is 11.6 Å². The number of hydrogen-bond donors (Lipinski definition) is 2. The highest BCUT2D eigenvalue weighted by molar-refractivity contribution is 6.34. The first-order chi connectivity index (χ1) is 16.4. The molecule has 1 aliphatic heterocycles. The lowest BCUT2D eigenvalue weighted by Gasteiger charge is -2.35. The Morgan fingerprint density at radius 2 is 2.24 bits per heavy atom. The number of pyridine rings is 1. The summed E-state index contributed by atoms with van der Waals surface area (Å²) in [5.41, 5.74) is 2.11. The topological polar surface area (TPSA) is 141 Å². The lowest BCUT2D eigenvalue weighted by Crippen LogP contribution is -2.43. The SMILES string of the molecule is CC(c1cc(Cl)c2c(C#N)cnn2c1N1CCC[C@H](O)C1)N(N)C(=O)c1cnn2cccnc12. The number of piperidine rings is 1. The molecule has 0 aliphatic carbocycles. The molecule has 0 bridgehead atoms. The zero-order valence-electron chi connectivity index (χ0n) is 18.3. The van der Waals surface area contributed by atoms with E-state index >= 15 is 0 Å². The van der Waals surface area contributed by atoms with Gasteiger partial charge in [0.05, 0.1) is 35.1 Å². The number of fused-ring (bicyclic) bond motifs is 2. The first-order valence-corrected chi connectivity index (χ1v) is 11.2. The summed E-state index contributed by atoms with van der Waals surface area (Å²) in [6.07, 6.45) is 7.14. The van der Waals surface area contributed by atoms with Crippen molar-refractivity contribution in [3.8, 4) is 6.07 Å². The molecule has 1 fully saturated rings. The lowest BCUT2D eigenvalue weighted by atomic mass is 10.0.